The Morgan fingerprint density at radius 3 is 1.98 bits per heavy atom. The van der Waals surface area contributed by atoms with Crippen molar-refractivity contribution in [1.82, 2.24) is 9.13 Å². The minimum absolute atomic E-state index is 0.876. The number of hydrogen-bond acceptors (Lipinski definition) is 4. The molecule has 45 heavy (non-hydrogen) atoms. The van der Waals surface area contributed by atoms with Crippen molar-refractivity contribution >= 4 is 56.5 Å². The highest BCUT2D eigenvalue weighted by atomic mass is 15.7. The molecule has 0 unspecified atom stereocenters. The first-order valence-electron chi connectivity index (χ1n) is 15.1. The summed E-state index contributed by atoms with van der Waals surface area (Å²) in [5.41, 5.74) is 7.23. The number of fused-ring (bicyclic) bond motifs is 12. The molecule has 6 aliphatic heterocycles. The zero-order valence-corrected chi connectivity index (χ0v) is 24.8. The van der Waals surface area contributed by atoms with Crippen LogP contribution in [0.3, 0.4) is 0 Å². The predicted octanol–water partition coefficient (Wildman–Crippen LogP) is 0.490. The number of aryl methyl sites for hydroxylation is 4. The average molecular weight is 587 g/mol. The van der Waals surface area contributed by atoms with Gasteiger partial charge in [0.15, 0.2) is 37.2 Å². The van der Waals surface area contributed by atoms with Crippen LogP contribution < -0.4 is 24.7 Å². The Hall–Kier alpha value is -5.97. The Kier molecular flexibility index (Phi) is 3.37. The van der Waals surface area contributed by atoms with E-state index in [2.05, 4.69) is 134 Å². The van der Waals surface area contributed by atoms with E-state index in [1.165, 1.54) is 5.56 Å². The molecule has 0 saturated carbocycles. The summed E-state index contributed by atoms with van der Waals surface area (Å²) in [5.74, 6) is 4.31. The summed E-state index contributed by atoms with van der Waals surface area (Å²) in [6, 6.07) is 13.1. The summed E-state index contributed by atoms with van der Waals surface area (Å²) < 4.78 is 15.6. The molecule has 0 bridgehead atoms. The van der Waals surface area contributed by atoms with Crippen LogP contribution in [-0.2, 0) is 27.1 Å². The Morgan fingerprint density at radius 2 is 1.18 bits per heavy atom. The zero-order valence-electron chi connectivity index (χ0n) is 24.8. The lowest BCUT2D eigenvalue weighted by molar-refractivity contribution is -0.790. The lowest BCUT2D eigenvalue weighted by Crippen LogP contribution is -2.71. The minimum Gasteiger partial charge on any atom is -0.207 e. The molecule has 12 rings (SSSR count). The molecule has 6 aromatic rings. The Morgan fingerprint density at radius 1 is 0.556 bits per heavy atom. The van der Waals surface area contributed by atoms with Gasteiger partial charge in [-0.05, 0) is 19.1 Å². The lowest BCUT2D eigenvalue weighted by atomic mass is 10.1. The lowest BCUT2D eigenvalue weighted by Gasteiger charge is -2.40. The number of aromatic nitrogens is 5. The van der Waals surface area contributed by atoms with Crippen LogP contribution in [0.5, 0.6) is 0 Å². The first-order valence-corrected chi connectivity index (χ1v) is 15.1. The van der Waals surface area contributed by atoms with Gasteiger partial charge in [-0.25, -0.2) is 13.7 Å². The maximum atomic E-state index is 5.50. The summed E-state index contributed by atoms with van der Waals surface area (Å²) >= 11 is 0. The van der Waals surface area contributed by atoms with E-state index >= 15 is 0 Å². The number of aliphatic imine (C=N–C) groups is 2. The van der Waals surface area contributed by atoms with Crippen LogP contribution in [0.2, 0.25) is 0 Å². The molecule has 0 saturated heterocycles. The topological polar surface area (TPSA) is 77.0 Å². The quantitative estimate of drug-likeness (QED) is 0.233. The first-order chi connectivity index (χ1) is 21.9. The van der Waals surface area contributed by atoms with E-state index in [-0.39, 0.29) is 0 Å². The molecule has 11 heterocycles. The van der Waals surface area contributed by atoms with Gasteiger partial charge in [-0.3, -0.25) is 0 Å². The molecule has 11 nitrogen and oxygen atoms in total. The molecule has 0 aliphatic carbocycles. The van der Waals surface area contributed by atoms with Crippen molar-refractivity contribution in [2.24, 2.45) is 41.1 Å². The summed E-state index contributed by atoms with van der Waals surface area (Å²) in [4.78, 5) is 22.0. The van der Waals surface area contributed by atoms with Crippen molar-refractivity contribution in [3.63, 3.8) is 0 Å². The maximum absolute atomic E-state index is 5.50. The van der Waals surface area contributed by atoms with Gasteiger partial charge >= 0.3 is 5.91 Å². The summed E-state index contributed by atoms with van der Waals surface area (Å²) in [6.07, 6.45) is 12.8. The molecule has 6 aliphatic rings. The molecule has 0 amide bonds. The van der Waals surface area contributed by atoms with Crippen molar-refractivity contribution in [3.8, 4) is 0 Å². The van der Waals surface area contributed by atoms with Gasteiger partial charge in [0.25, 0.3) is 23.3 Å². The van der Waals surface area contributed by atoms with Crippen LogP contribution in [0, 0.1) is 6.92 Å². The molecule has 210 valence electrons. The molecule has 0 radical (unpaired) electrons. The van der Waals surface area contributed by atoms with Crippen molar-refractivity contribution in [3.05, 3.63) is 112 Å². The van der Waals surface area contributed by atoms with E-state index < -0.39 is 5.91 Å². The third-order valence-corrected chi connectivity index (χ3v) is 10.1. The van der Waals surface area contributed by atoms with Crippen LogP contribution in [0.4, 0.5) is 11.6 Å². The van der Waals surface area contributed by atoms with Gasteiger partial charge in [-0.2, -0.15) is 9.13 Å². The van der Waals surface area contributed by atoms with Crippen LogP contribution in [0.1, 0.15) is 27.8 Å². The van der Waals surface area contributed by atoms with E-state index in [1.54, 1.807) is 0 Å². The van der Waals surface area contributed by atoms with Crippen molar-refractivity contribution in [2.75, 3.05) is 0 Å². The molecule has 0 fully saturated rings. The number of hydrogen-bond donors (Lipinski definition) is 0. The number of nitrogens with zero attached hydrogens (tertiary/aromatic N) is 11. The van der Waals surface area contributed by atoms with Gasteiger partial charge in [0, 0.05) is 18.2 Å². The third-order valence-electron chi connectivity index (χ3n) is 10.1. The minimum atomic E-state index is -0.975. The maximum Gasteiger partial charge on any atom is 0.404 e. The normalized spacial score (nSPS) is 20.1. The number of benzene rings is 1. The number of rotatable bonds is 0. The monoisotopic (exact) mass is 586 g/mol. The largest absolute Gasteiger partial charge is 0.404 e. The number of pyridine rings is 3. The highest BCUT2D eigenvalue weighted by Crippen LogP contribution is 2.52. The highest BCUT2D eigenvalue weighted by molar-refractivity contribution is 6.20. The van der Waals surface area contributed by atoms with Crippen molar-refractivity contribution in [2.45, 2.75) is 12.8 Å². The highest BCUT2D eigenvalue weighted by Gasteiger charge is 2.70. The third kappa shape index (κ3) is 2.19. The van der Waals surface area contributed by atoms with Crippen LogP contribution in [-0.4, -0.2) is 41.6 Å². The second-order valence-corrected chi connectivity index (χ2v) is 12.8. The van der Waals surface area contributed by atoms with Gasteiger partial charge in [0.2, 0.25) is 22.6 Å². The molecular formula is C34H24N11+5. The molecule has 1 aromatic carbocycles. The Balaban J connectivity index is 1.42. The van der Waals surface area contributed by atoms with E-state index in [0.29, 0.717) is 0 Å². The van der Waals surface area contributed by atoms with E-state index in [0.717, 1.165) is 89.8 Å². The summed E-state index contributed by atoms with van der Waals surface area (Å²) in [7, 11) is 6.18. The van der Waals surface area contributed by atoms with Gasteiger partial charge in [-0.15, -0.1) is 9.15 Å². The van der Waals surface area contributed by atoms with Crippen LogP contribution in [0.25, 0.3) is 21.5 Å². The first kappa shape index (κ1) is 22.6. The molecular weight excluding hydrogens is 562 g/mol. The second kappa shape index (κ2) is 6.73. The van der Waals surface area contributed by atoms with Crippen LogP contribution >= 0.6 is 0 Å². The zero-order chi connectivity index (χ0) is 29.7. The number of amidine groups is 4. The van der Waals surface area contributed by atoms with Gasteiger partial charge in [-0.1, -0.05) is 31.6 Å². The van der Waals surface area contributed by atoms with E-state index in [1.807, 2.05) is 0 Å². The smallest absolute Gasteiger partial charge is 0.207 e. The van der Waals surface area contributed by atoms with Crippen LogP contribution in [0.15, 0.2) is 93.5 Å². The molecule has 1 atom stereocenters. The fourth-order valence-electron chi connectivity index (χ4n) is 8.34. The predicted molar refractivity (Wildman–Crippen MR) is 162 cm³/mol. The molecule has 11 heteroatoms. The van der Waals surface area contributed by atoms with Crippen molar-refractivity contribution < 1.29 is 22.9 Å². The fourth-order valence-corrected chi connectivity index (χ4v) is 8.34. The van der Waals surface area contributed by atoms with Gasteiger partial charge in [0.1, 0.15) is 37.5 Å². The Labute approximate surface area is 254 Å². The van der Waals surface area contributed by atoms with E-state index in [9.17, 15) is 0 Å². The molecule has 0 N–H and O–H groups in total. The van der Waals surface area contributed by atoms with E-state index in [4.69, 9.17) is 20.0 Å². The molecule has 5 aromatic heterocycles. The summed E-state index contributed by atoms with van der Waals surface area (Å²) in [5, 5.41) is 4.24. The average Bonchev–Trinajstić information content (AvgIpc) is 3.72. The Bertz CT molecular complexity index is 2860. The second-order valence-electron chi connectivity index (χ2n) is 12.8. The summed E-state index contributed by atoms with van der Waals surface area (Å²) in [6.45, 7) is 2.14. The van der Waals surface area contributed by atoms with Gasteiger partial charge < -0.3 is 0 Å². The SMILES string of the molecule is Cc1ccc2c(c1)C1=[N+]3C2=Nc2c4c[n+](C)ccc4c4n2[C@@]32n3c(c5cc[n+](C)cc5c3=NC3=[N+]2C(=N4)c2c[n+](C)ccc23)=N1. The fraction of sp³-hybridized carbons (Fsp3) is 0.147. The standard InChI is InChI=1S/C34H24N11/c1-17-5-6-18-22(13-17)30-35-27-19-7-10-39(2)14-23(19)32-37-29-21-9-12-41(4)16-25(21)33-38-28-20-8-11-40(3)15-24(20)31-36-26(18)42(30)34(43(27)32,44(28)31)45(29)33/h5-16H,1-4H3/q+5/t34-/m0/s1. The van der Waals surface area contributed by atoms with Gasteiger partial charge in [0.05, 0.1) is 27.5 Å². The molecule has 1 spiro atoms. The van der Waals surface area contributed by atoms with Crippen molar-refractivity contribution in [1.29, 1.82) is 0 Å².